The van der Waals surface area contributed by atoms with Gasteiger partial charge in [-0.2, -0.15) is 4.98 Å². The number of nitrogens with zero attached hydrogens (tertiary/aromatic N) is 3. The van der Waals surface area contributed by atoms with Crippen LogP contribution in [0.15, 0.2) is 0 Å². The first-order chi connectivity index (χ1) is 9.38. The monoisotopic (exact) mass is 260 g/mol. The maximum absolute atomic E-state index is 4.85. The number of hydrogen-bond acceptors (Lipinski definition) is 4. The van der Waals surface area contributed by atoms with Crippen molar-refractivity contribution in [1.82, 2.24) is 9.97 Å². The van der Waals surface area contributed by atoms with Crippen molar-refractivity contribution in [2.24, 2.45) is 0 Å². The van der Waals surface area contributed by atoms with Gasteiger partial charge in [0.2, 0.25) is 5.95 Å². The van der Waals surface area contributed by atoms with Gasteiger partial charge in [0.15, 0.2) is 0 Å². The van der Waals surface area contributed by atoms with Gasteiger partial charge >= 0.3 is 0 Å². The zero-order valence-corrected chi connectivity index (χ0v) is 11.9. The highest BCUT2D eigenvalue weighted by molar-refractivity contribution is 5.52. The normalized spacial score (nSPS) is 19.1. The number of aromatic nitrogens is 2. The number of aryl methyl sites for hydroxylation is 1. The van der Waals surface area contributed by atoms with E-state index >= 15 is 0 Å². The van der Waals surface area contributed by atoms with E-state index in [1.807, 2.05) is 0 Å². The molecule has 1 aromatic heterocycles. The molecule has 3 rings (SSSR count). The molecule has 2 heterocycles. The van der Waals surface area contributed by atoms with Crippen molar-refractivity contribution in [3.63, 3.8) is 0 Å². The number of fused-ring (bicyclic) bond motifs is 1. The highest BCUT2D eigenvalue weighted by Crippen LogP contribution is 2.28. The van der Waals surface area contributed by atoms with E-state index in [1.165, 1.54) is 43.4 Å². The van der Waals surface area contributed by atoms with Crippen LogP contribution >= 0.6 is 0 Å². The molecule has 4 nitrogen and oxygen atoms in total. The summed E-state index contributed by atoms with van der Waals surface area (Å²) in [4.78, 5) is 12.0. The maximum atomic E-state index is 4.85. The third-order valence-electron chi connectivity index (χ3n) is 4.15. The first kappa shape index (κ1) is 12.7. The highest BCUT2D eigenvalue weighted by atomic mass is 15.3. The second-order valence-electron chi connectivity index (χ2n) is 5.58. The number of anilines is 2. The molecular weight excluding hydrogens is 236 g/mol. The number of nitrogens with one attached hydrogen (secondary N) is 1. The summed E-state index contributed by atoms with van der Waals surface area (Å²) in [6, 6.07) is 0. The van der Waals surface area contributed by atoms with Crippen LogP contribution in [0.25, 0.3) is 0 Å². The van der Waals surface area contributed by atoms with Crippen LogP contribution in [0.5, 0.6) is 0 Å². The summed E-state index contributed by atoms with van der Waals surface area (Å²) in [6.45, 7) is 5.30. The third kappa shape index (κ3) is 2.67. The summed E-state index contributed by atoms with van der Waals surface area (Å²) in [5.74, 6) is 2.05. The number of rotatable bonds is 3. The Bertz CT molecular complexity index is 438. The predicted octanol–water partition coefficient (Wildman–Crippen LogP) is 2.78. The van der Waals surface area contributed by atoms with Crippen molar-refractivity contribution >= 4 is 11.8 Å². The Morgan fingerprint density at radius 3 is 2.58 bits per heavy atom. The SMILES string of the molecule is CCNc1nc(N2CCCCC2)nc2c1CCCC2. The minimum atomic E-state index is 0.933. The lowest BCUT2D eigenvalue weighted by Gasteiger charge is -2.29. The van der Waals surface area contributed by atoms with Crippen LogP contribution in [0.2, 0.25) is 0 Å². The average molecular weight is 260 g/mol. The number of hydrogen-bond donors (Lipinski definition) is 1. The lowest BCUT2D eigenvalue weighted by molar-refractivity contribution is 0.564. The van der Waals surface area contributed by atoms with E-state index in [2.05, 4.69) is 17.1 Å². The molecule has 0 unspecified atom stereocenters. The summed E-state index contributed by atoms with van der Waals surface area (Å²) in [5.41, 5.74) is 2.66. The van der Waals surface area contributed by atoms with Crippen LogP contribution in [-0.2, 0) is 12.8 Å². The molecule has 1 aliphatic heterocycles. The van der Waals surface area contributed by atoms with Gasteiger partial charge in [-0.3, -0.25) is 0 Å². The Balaban J connectivity index is 1.93. The van der Waals surface area contributed by atoms with Crippen molar-refractivity contribution in [2.45, 2.75) is 51.9 Å². The van der Waals surface area contributed by atoms with Crippen LogP contribution in [0.3, 0.4) is 0 Å². The van der Waals surface area contributed by atoms with Gasteiger partial charge in [0.05, 0.1) is 5.69 Å². The molecule has 1 fully saturated rings. The fraction of sp³-hybridized carbons (Fsp3) is 0.733. The van der Waals surface area contributed by atoms with E-state index in [0.717, 1.165) is 44.2 Å². The van der Waals surface area contributed by atoms with E-state index < -0.39 is 0 Å². The Labute approximate surface area is 115 Å². The van der Waals surface area contributed by atoms with Crippen molar-refractivity contribution in [1.29, 1.82) is 0 Å². The van der Waals surface area contributed by atoms with Crippen LogP contribution in [0, 0.1) is 0 Å². The topological polar surface area (TPSA) is 41.1 Å². The van der Waals surface area contributed by atoms with E-state index in [0.29, 0.717) is 0 Å². The number of piperidine rings is 1. The molecular formula is C15H24N4. The summed E-state index contributed by atoms with van der Waals surface area (Å²) >= 11 is 0. The Hall–Kier alpha value is -1.32. The van der Waals surface area contributed by atoms with Gasteiger partial charge in [-0.25, -0.2) is 4.98 Å². The van der Waals surface area contributed by atoms with Crippen molar-refractivity contribution in [3.8, 4) is 0 Å². The molecule has 2 aliphatic rings. The maximum Gasteiger partial charge on any atom is 0.227 e. The van der Waals surface area contributed by atoms with Crippen LogP contribution in [0.4, 0.5) is 11.8 Å². The fourth-order valence-electron chi connectivity index (χ4n) is 3.13. The van der Waals surface area contributed by atoms with E-state index in [4.69, 9.17) is 9.97 Å². The quantitative estimate of drug-likeness (QED) is 0.907. The zero-order chi connectivity index (χ0) is 13.1. The largest absolute Gasteiger partial charge is 0.370 e. The van der Waals surface area contributed by atoms with Gasteiger partial charge in [0.1, 0.15) is 5.82 Å². The van der Waals surface area contributed by atoms with Crippen molar-refractivity contribution in [3.05, 3.63) is 11.3 Å². The molecule has 1 N–H and O–H groups in total. The molecule has 0 amide bonds. The van der Waals surface area contributed by atoms with E-state index in [9.17, 15) is 0 Å². The molecule has 0 radical (unpaired) electrons. The van der Waals surface area contributed by atoms with Crippen molar-refractivity contribution < 1.29 is 0 Å². The minimum absolute atomic E-state index is 0.933. The van der Waals surface area contributed by atoms with Crippen molar-refractivity contribution in [2.75, 3.05) is 29.9 Å². The highest BCUT2D eigenvalue weighted by Gasteiger charge is 2.20. The van der Waals surface area contributed by atoms with Gasteiger partial charge in [0, 0.05) is 25.2 Å². The molecule has 104 valence electrons. The van der Waals surface area contributed by atoms with Gasteiger partial charge in [-0.05, 0) is 51.9 Å². The molecule has 0 bridgehead atoms. The smallest absolute Gasteiger partial charge is 0.227 e. The first-order valence-corrected chi connectivity index (χ1v) is 7.77. The van der Waals surface area contributed by atoms with E-state index in [-0.39, 0.29) is 0 Å². The van der Waals surface area contributed by atoms with Gasteiger partial charge in [-0.15, -0.1) is 0 Å². The second kappa shape index (κ2) is 5.76. The molecule has 1 aliphatic carbocycles. The molecule has 19 heavy (non-hydrogen) atoms. The van der Waals surface area contributed by atoms with Crippen LogP contribution < -0.4 is 10.2 Å². The molecule has 1 saturated heterocycles. The lowest BCUT2D eigenvalue weighted by Crippen LogP contribution is -2.32. The van der Waals surface area contributed by atoms with Gasteiger partial charge in [0.25, 0.3) is 0 Å². The summed E-state index contributed by atoms with van der Waals surface area (Å²) in [6.07, 6.45) is 8.71. The standard InChI is InChI=1S/C15H24N4/c1-2-16-14-12-8-4-5-9-13(12)17-15(18-14)19-10-6-3-7-11-19/h2-11H2,1H3,(H,16,17,18). The Morgan fingerprint density at radius 1 is 1.00 bits per heavy atom. The van der Waals surface area contributed by atoms with Gasteiger partial charge < -0.3 is 10.2 Å². The lowest BCUT2D eigenvalue weighted by atomic mass is 9.96. The molecule has 0 atom stereocenters. The molecule has 0 aromatic carbocycles. The second-order valence-corrected chi connectivity index (χ2v) is 5.58. The first-order valence-electron chi connectivity index (χ1n) is 7.77. The van der Waals surface area contributed by atoms with Gasteiger partial charge in [-0.1, -0.05) is 0 Å². The third-order valence-corrected chi connectivity index (χ3v) is 4.15. The Kier molecular flexibility index (Phi) is 3.85. The minimum Gasteiger partial charge on any atom is -0.370 e. The molecule has 0 spiro atoms. The summed E-state index contributed by atoms with van der Waals surface area (Å²) in [5, 5.41) is 3.44. The average Bonchev–Trinajstić information content (AvgIpc) is 2.48. The molecule has 0 saturated carbocycles. The Morgan fingerprint density at radius 2 is 1.79 bits per heavy atom. The predicted molar refractivity (Wildman–Crippen MR) is 78.9 cm³/mol. The van der Waals surface area contributed by atoms with E-state index in [1.54, 1.807) is 0 Å². The molecule has 1 aromatic rings. The summed E-state index contributed by atoms with van der Waals surface area (Å²) < 4.78 is 0. The summed E-state index contributed by atoms with van der Waals surface area (Å²) in [7, 11) is 0. The van der Waals surface area contributed by atoms with Crippen LogP contribution in [-0.4, -0.2) is 29.6 Å². The zero-order valence-electron chi connectivity index (χ0n) is 11.9. The molecule has 4 heteroatoms. The fourth-order valence-corrected chi connectivity index (χ4v) is 3.13. The van der Waals surface area contributed by atoms with Crippen LogP contribution in [0.1, 0.15) is 50.3 Å².